The highest BCUT2D eigenvalue weighted by Crippen LogP contribution is 2.30. The minimum atomic E-state index is 0.617. The third kappa shape index (κ3) is 3.68. The molecule has 2 atom stereocenters. The molecule has 1 fully saturated rings. The van der Waals surface area contributed by atoms with Crippen molar-refractivity contribution in [2.75, 3.05) is 24.5 Å². The Bertz CT molecular complexity index is 485. The monoisotopic (exact) mass is 289 g/mol. The molecule has 1 aromatic rings. The molecule has 1 aliphatic rings. The number of hydrogen-bond acceptors (Lipinski definition) is 4. The molecule has 20 heavy (non-hydrogen) atoms. The number of rotatable bonds is 4. The lowest BCUT2D eigenvalue weighted by molar-refractivity contribution is 0.720. The van der Waals surface area contributed by atoms with Crippen LogP contribution < -0.4 is 10.2 Å². The number of thioether (sulfide) groups is 1. The molecule has 0 aliphatic carbocycles. The van der Waals surface area contributed by atoms with Crippen molar-refractivity contribution in [1.82, 2.24) is 5.32 Å². The van der Waals surface area contributed by atoms with Crippen molar-refractivity contribution in [3.05, 3.63) is 29.3 Å². The molecule has 108 valence electrons. The fraction of sp³-hybridized carbons (Fsp3) is 0.562. The van der Waals surface area contributed by atoms with E-state index in [1.807, 2.05) is 17.8 Å². The van der Waals surface area contributed by atoms with Crippen molar-refractivity contribution in [3.63, 3.8) is 0 Å². The number of benzene rings is 1. The molecule has 4 heteroatoms. The van der Waals surface area contributed by atoms with Crippen LogP contribution in [0.1, 0.15) is 31.9 Å². The van der Waals surface area contributed by atoms with Crippen LogP contribution in [0.3, 0.4) is 0 Å². The molecule has 0 spiro atoms. The molecule has 1 saturated heterocycles. The molecule has 0 aromatic heterocycles. The molecule has 0 bridgehead atoms. The molecular formula is C16H23N3S. The van der Waals surface area contributed by atoms with Gasteiger partial charge in [-0.05, 0) is 24.2 Å². The van der Waals surface area contributed by atoms with E-state index in [2.05, 4.69) is 49.2 Å². The number of hydrogen-bond donors (Lipinski definition) is 1. The summed E-state index contributed by atoms with van der Waals surface area (Å²) in [4.78, 5) is 2.36. The highest BCUT2D eigenvalue weighted by Gasteiger charge is 2.24. The van der Waals surface area contributed by atoms with E-state index in [-0.39, 0.29) is 0 Å². The Labute approximate surface area is 126 Å². The molecule has 2 rings (SSSR count). The van der Waals surface area contributed by atoms with Gasteiger partial charge in [-0.15, -0.1) is 0 Å². The quantitative estimate of drug-likeness (QED) is 0.925. The van der Waals surface area contributed by atoms with Gasteiger partial charge in [0.1, 0.15) is 6.07 Å². The van der Waals surface area contributed by atoms with Crippen molar-refractivity contribution in [3.8, 4) is 6.07 Å². The van der Waals surface area contributed by atoms with E-state index in [1.165, 1.54) is 5.56 Å². The lowest BCUT2D eigenvalue weighted by Gasteiger charge is -2.36. The molecule has 0 radical (unpaired) electrons. The molecule has 1 aliphatic heterocycles. The zero-order valence-corrected chi connectivity index (χ0v) is 13.3. The van der Waals surface area contributed by atoms with E-state index in [1.54, 1.807) is 0 Å². The van der Waals surface area contributed by atoms with Gasteiger partial charge in [0.05, 0.1) is 11.3 Å². The largest absolute Gasteiger partial charge is 0.368 e. The van der Waals surface area contributed by atoms with E-state index < -0.39 is 0 Å². The van der Waals surface area contributed by atoms with E-state index in [0.717, 1.165) is 37.4 Å². The highest BCUT2D eigenvalue weighted by molar-refractivity contribution is 8.00. The first kappa shape index (κ1) is 15.2. The summed E-state index contributed by atoms with van der Waals surface area (Å²) in [6.07, 6.45) is 0. The molecule has 1 heterocycles. The first-order valence-electron chi connectivity index (χ1n) is 7.28. The van der Waals surface area contributed by atoms with Gasteiger partial charge in [0, 0.05) is 30.1 Å². The molecule has 0 saturated carbocycles. The van der Waals surface area contributed by atoms with Gasteiger partial charge in [-0.2, -0.15) is 17.0 Å². The Morgan fingerprint density at radius 3 is 2.65 bits per heavy atom. The maximum absolute atomic E-state index is 9.43. The van der Waals surface area contributed by atoms with Crippen LogP contribution in [0.15, 0.2) is 18.2 Å². The number of nitriles is 1. The normalized spacial score (nSPS) is 22.6. The zero-order chi connectivity index (χ0) is 14.5. The van der Waals surface area contributed by atoms with Gasteiger partial charge in [0.25, 0.3) is 0 Å². The zero-order valence-electron chi connectivity index (χ0n) is 12.5. The molecule has 0 amide bonds. The Balaban J connectivity index is 2.21. The van der Waals surface area contributed by atoms with Crippen molar-refractivity contribution in [2.24, 2.45) is 0 Å². The van der Waals surface area contributed by atoms with Crippen LogP contribution in [0.2, 0.25) is 0 Å². The van der Waals surface area contributed by atoms with E-state index in [9.17, 15) is 5.26 Å². The molecular weight excluding hydrogens is 266 g/mol. The summed E-state index contributed by atoms with van der Waals surface area (Å²) in [6.45, 7) is 10.4. The highest BCUT2D eigenvalue weighted by atomic mass is 32.2. The summed E-state index contributed by atoms with van der Waals surface area (Å²) in [5.41, 5.74) is 3.07. The second-order valence-electron chi connectivity index (χ2n) is 5.41. The maximum atomic E-state index is 9.43. The van der Waals surface area contributed by atoms with Gasteiger partial charge in [0.2, 0.25) is 0 Å². The standard InChI is InChI=1S/C16H23N3S/c1-4-18-9-14-5-6-16(15(7-14)8-17)19-10-12(2)20-13(3)11-19/h5-7,12-13,18H,4,9-11H2,1-3H3. The van der Waals surface area contributed by atoms with Gasteiger partial charge in [-0.3, -0.25) is 0 Å². The number of nitrogens with one attached hydrogen (secondary N) is 1. The van der Waals surface area contributed by atoms with Crippen LogP contribution in [-0.2, 0) is 6.54 Å². The molecule has 3 nitrogen and oxygen atoms in total. The van der Waals surface area contributed by atoms with Gasteiger partial charge in [0.15, 0.2) is 0 Å². The first-order valence-corrected chi connectivity index (χ1v) is 8.22. The summed E-state index contributed by atoms with van der Waals surface area (Å²) in [5, 5.41) is 14.0. The van der Waals surface area contributed by atoms with E-state index in [4.69, 9.17) is 0 Å². The van der Waals surface area contributed by atoms with E-state index in [0.29, 0.717) is 10.5 Å². The summed E-state index contributed by atoms with van der Waals surface area (Å²) in [7, 11) is 0. The van der Waals surface area contributed by atoms with Crippen molar-refractivity contribution in [2.45, 2.75) is 37.8 Å². The third-order valence-corrected chi connectivity index (χ3v) is 4.75. The summed E-state index contributed by atoms with van der Waals surface area (Å²) >= 11 is 2.03. The van der Waals surface area contributed by atoms with Gasteiger partial charge in [-0.25, -0.2) is 0 Å². The second-order valence-corrected chi connectivity index (χ2v) is 7.29. The molecule has 1 aromatic carbocycles. The van der Waals surface area contributed by atoms with Crippen LogP contribution in [0.5, 0.6) is 0 Å². The lowest BCUT2D eigenvalue weighted by Crippen LogP contribution is -2.40. The SMILES string of the molecule is CCNCc1ccc(N2CC(C)SC(C)C2)c(C#N)c1. The second kappa shape index (κ2) is 7.01. The average Bonchev–Trinajstić information content (AvgIpc) is 2.43. The van der Waals surface area contributed by atoms with Crippen LogP contribution in [-0.4, -0.2) is 30.1 Å². The number of anilines is 1. The lowest BCUT2D eigenvalue weighted by atomic mass is 10.1. The first-order chi connectivity index (χ1) is 9.63. The van der Waals surface area contributed by atoms with Crippen LogP contribution in [0, 0.1) is 11.3 Å². The topological polar surface area (TPSA) is 39.1 Å². The smallest absolute Gasteiger partial charge is 0.101 e. The Morgan fingerprint density at radius 2 is 2.05 bits per heavy atom. The van der Waals surface area contributed by atoms with Gasteiger partial charge in [-0.1, -0.05) is 26.8 Å². The average molecular weight is 289 g/mol. The van der Waals surface area contributed by atoms with Crippen molar-refractivity contribution in [1.29, 1.82) is 5.26 Å². The predicted molar refractivity (Wildman–Crippen MR) is 87.3 cm³/mol. The minimum absolute atomic E-state index is 0.617. The van der Waals surface area contributed by atoms with Crippen LogP contribution in [0.25, 0.3) is 0 Å². The fourth-order valence-electron chi connectivity index (χ4n) is 2.70. The summed E-state index contributed by atoms with van der Waals surface area (Å²) in [5.74, 6) is 0. The number of nitrogens with zero attached hydrogens (tertiary/aromatic N) is 2. The summed E-state index contributed by atoms with van der Waals surface area (Å²) < 4.78 is 0. The van der Waals surface area contributed by atoms with E-state index >= 15 is 0 Å². The van der Waals surface area contributed by atoms with Crippen molar-refractivity contribution >= 4 is 17.4 Å². The Hall–Kier alpha value is -1.18. The van der Waals surface area contributed by atoms with Crippen LogP contribution >= 0.6 is 11.8 Å². The summed E-state index contributed by atoms with van der Waals surface area (Å²) in [6, 6.07) is 8.63. The fourth-order valence-corrected chi connectivity index (χ4v) is 4.03. The molecule has 1 N–H and O–H groups in total. The Kier molecular flexibility index (Phi) is 5.33. The van der Waals surface area contributed by atoms with Crippen LogP contribution in [0.4, 0.5) is 5.69 Å². The third-order valence-electron chi connectivity index (χ3n) is 3.52. The minimum Gasteiger partial charge on any atom is -0.368 e. The van der Waals surface area contributed by atoms with Crippen molar-refractivity contribution < 1.29 is 0 Å². The van der Waals surface area contributed by atoms with Gasteiger partial charge < -0.3 is 10.2 Å². The maximum Gasteiger partial charge on any atom is 0.101 e. The Morgan fingerprint density at radius 1 is 1.35 bits per heavy atom. The van der Waals surface area contributed by atoms with Gasteiger partial charge >= 0.3 is 0 Å². The predicted octanol–water partition coefficient (Wildman–Crippen LogP) is 3.00. The molecule has 2 unspecified atom stereocenters.